The summed E-state index contributed by atoms with van der Waals surface area (Å²) < 4.78 is 5.57. The molecule has 0 aromatic heterocycles. The lowest BCUT2D eigenvalue weighted by Gasteiger charge is -2.35. The Morgan fingerprint density at radius 2 is 2.07 bits per heavy atom. The summed E-state index contributed by atoms with van der Waals surface area (Å²) in [5.74, 6) is 0. The number of likely N-dealkylation sites (tertiary alicyclic amines) is 1. The molecule has 0 aliphatic carbocycles. The van der Waals surface area contributed by atoms with Crippen LogP contribution in [0.4, 0.5) is 0 Å². The highest BCUT2D eigenvalue weighted by Gasteiger charge is 2.26. The lowest BCUT2D eigenvalue weighted by molar-refractivity contribution is -0.0178. The maximum absolute atomic E-state index is 9.85. The molecule has 3 N–H and O–H groups in total. The average Bonchev–Trinajstić information content (AvgIpc) is 2.21. The summed E-state index contributed by atoms with van der Waals surface area (Å²) in [5.41, 5.74) is 4.75. The van der Waals surface area contributed by atoms with Crippen LogP contribution in [0.3, 0.4) is 0 Å². The molecule has 0 aromatic carbocycles. The fourth-order valence-electron chi connectivity index (χ4n) is 2.02. The van der Waals surface area contributed by atoms with Crippen molar-refractivity contribution in [2.45, 2.75) is 38.4 Å². The largest absolute Gasteiger partial charge is 0.388 e. The Bertz CT molecular complexity index is 177. The van der Waals surface area contributed by atoms with E-state index < -0.39 is 5.60 Å². The lowest BCUT2D eigenvalue weighted by atomic mass is 10.0. The maximum Gasteiger partial charge on any atom is 0.0867 e. The summed E-state index contributed by atoms with van der Waals surface area (Å²) in [6.45, 7) is 7.61. The molecule has 1 aliphatic rings. The smallest absolute Gasteiger partial charge is 0.0867 e. The van der Waals surface area contributed by atoms with E-state index in [4.69, 9.17) is 10.5 Å². The predicted octanol–water partition coefficient (Wildman–Crippen LogP) is 0.197. The normalized spacial score (nSPS) is 24.0. The quantitative estimate of drug-likeness (QED) is 0.689. The molecule has 0 spiro atoms. The third-order valence-electron chi connectivity index (χ3n) is 2.94. The van der Waals surface area contributed by atoms with Crippen molar-refractivity contribution in [3.8, 4) is 0 Å². The highest BCUT2D eigenvalue weighted by Crippen LogP contribution is 2.15. The van der Waals surface area contributed by atoms with Gasteiger partial charge in [0.15, 0.2) is 0 Å². The number of nitrogens with two attached hydrogens (primary N) is 1. The molecular formula is C11H24N2O2. The SMILES string of the molecule is CCOC1CCN(CC(C)(O)CN)CC1. The summed E-state index contributed by atoms with van der Waals surface area (Å²) in [5, 5.41) is 9.85. The maximum atomic E-state index is 9.85. The minimum Gasteiger partial charge on any atom is -0.388 e. The zero-order valence-corrected chi connectivity index (χ0v) is 9.91. The van der Waals surface area contributed by atoms with Crippen molar-refractivity contribution in [1.29, 1.82) is 0 Å². The molecular weight excluding hydrogens is 192 g/mol. The van der Waals surface area contributed by atoms with Gasteiger partial charge < -0.3 is 20.5 Å². The van der Waals surface area contributed by atoms with Gasteiger partial charge in [-0.15, -0.1) is 0 Å². The van der Waals surface area contributed by atoms with Crippen LogP contribution in [-0.2, 0) is 4.74 Å². The minimum atomic E-state index is -0.752. The predicted molar refractivity (Wildman–Crippen MR) is 60.8 cm³/mol. The number of rotatable bonds is 5. The van der Waals surface area contributed by atoms with Gasteiger partial charge in [0.05, 0.1) is 11.7 Å². The van der Waals surface area contributed by atoms with Crippen LogP contribution in [0.1, 0.15) is 26.7 Å². The molecule has 0 aromatic rings. The van der Waals surface area contributed by atoms with Crippen LogP contribution in [0.25, 0.3) is 0 Å². The fraction of sp³-hybridized carbons (Fsp3) is 1.00. The molecule has 0 saturated carbocycles. The molecule has 4 nitrogen and oxygen atoms in total. The first-order chi connectivity index (χ1) is 7.07. The Balaban J connectivity index is 2.25. The lowest BCUT2D eigenvalue weighted by Crippen LogP contribution is -2.49. The fourth-order valence-corrected chi connectivity index (χ4v) is 2.02. The van der Waals surface area contributed by atoms with E-state index in [1.807, 2.05) is 6.92 Å². The Labute approximate surface area is 92.4 Å². The number of ether oxygens (including phenoxy) is 1. The zero-order valence-electron chi connectivity index (χ0n) is 9.91. The second-order valence-electron chi connectivity index (χ2n) is 4.63. The molecule has 1 aliphatic heterocycles. The summed E-state index contributed by atoms with van der Waals surface area (Å²) in [6, 6.07) is 0. The monoisotopic (exact) mass is 216 g/mol. The standard InChI is InChI=1S/C11H24N2O2/c1-3-15-10-4-6-13(7-5-10)9-11(2,14)8-12/h10,14H,3-9,12H2,1-2H3. The van der Waals surface area contributed by atoms with Crippen LogP contribution >= 0.6 is 0 Å². The van der Waals surface area contributed by atoms with Gasteiger partial charge in [-0.05, 0) is 26.7 Å². The molecule has 1 rings (SSSR count). The van der Waals surface area contributed by atoms with E-state index in [2.05, 4.69) is 4.90 Å². The van der Waals surface area contributed by atoms with Crippen molar-refractivity contribution in [3.63, 3.8) is 0 Å². The van der Waals surface area contributed by atoms with E-state index in [1.54, 1.807) is 6.92 Å². The van der Waals surface area contributed by atoms with Crippen molar-refractivity contribution in [2.24, 2.45) is 5.73 Å². The highest BCUT2D eigenvalue weighted by atomic mass is 16.5. The van der Waals surface area contributed by atoms with Crippen LogP contribution in [0, 0.1) is 0 Å². The van der Waals surface area contributed by atoms with Crippen molar-refractivity contribution in [3.05, 3.63) is 0 Å². The van der Waals surface area contributed by atoms with Gasteiger partial charge in [0.2, 0.25) is 0 Å². The molecule has 0 radical (unpaired) electrons. The zero-order chi connectivity index (χ0) is 11.3. The number of aliphatic hydroxyl groups is 1. The molecule has 0 bridgehead atoms. The van der Waals surface area contributed by atoms with E-state index in [1.165, 1.54) is 0 Å². The number of piperidine rings is 1. The van der Waals surface area contributed by atoms with Gasteiger partial charge in [-0.3, -0.25) is 0 Å². The van der Waals surface area contributed by atoms with Crippen LogP contribution in [-0.4, -0.2) is 54.5 Å². The molecule has 15 heavy (non-hydrogen) atoms. The summed E-state index contributed by atoms with van der Waals surface area (Å²) in [7, 11) is 0. The summed E-state index contributed by atoms with van der Waals surface area (Å²) in [4.78, 5) is 2.27. The second kappa shape index (κ2) is 5.80. The number of β-amino-alcohol motifs (C(OH)–C–C–N with tert-alkyl or cyclic N) is 1. The second-order valence-corrected chi connectivity index (χ2v) is 4.63. The Hall–Kier alpha value is -0.160. The van der Waals surface area contributed by atoms with Crippen LogP contribution in [0.5, 0.6) is 0 Å². The van der Waals surface area contributed by atoms with Gasteiger partial charge in [-0.1, -0.05) is 0 Å². The molecule has 1 heterocycles. The van der Waals surface area contributed by atoms with Gasteiger partial charge in [0.25, 0.3) is 0 Å². The van der Waals surface area contributed by atoms with Gasteiger partial charge in [-0.2, -0.15) is 0 Å². The Kier molecular flexibility index (Phi) is 4.99. The number of hydrogen-bond donors (Lipinski definition) is 2. The molecule has 90 valence electrons. The average molecular weight is 216 g/mol. The van der Waals surface area contributed by atoms with Crippen molar-refractivity contribution in [2.75, 3.05) is 32.8 Å². The Morgan fingerprint density at radius 1 is 1.47 bits per heavy atom. The third kappa shape index (κ3) is 4.47. The van der Waals surface area contributed by atoms with Gasteiger partial charge in [0.1, 0.15) is 0 Å². The van der Waals surface area contributed by atoms with Gasteiger partial charge in [-0.25, -0.2) is 0 Å². The summed E-state index contributed by atoms with van der Waals surface area (Å²) >= 11 is 0. The van der Waals surface area contributed by atoms with Crippen LogP contribution < -0.4 is 5.73 Å². The summed E-state index contributed by atoms with van der Waals surface area (Å²) in [6.07, 6.45) is 2.54. The molecule has 1 unspecified atom stereocenters. The first kappa shape index (κ1) is 12.9. The molecule has 1 saturated heterocycles. The Morgan fingerprint density at radius 3 is 2.53 bits per heavy atom. The molecule has 4 heteroatoms. The minimum absolute atomic E-state index is 0.318. The van der Waals surface area contributed by atoms with Crippen molar-refractivity contribution in [1.82, 2.24) is 4.90 Å². The van der Waals surface area contributed by atoms with E-state index in [-0.39, 0.29) is 0 Å². The first-order valence-electron chi connectivity index (χ1n) is 5.84. The molecule has 0 amide bonds. The van der Waals surface area contributed by atoms with E-state index in [9.17, 15) is 5.11 Å². The van der Waals surface area contributed by atoms with E-state index >= 15 is 0 Å². The van der Waals surface area contributed by atoms with Gasteiger partial charge in [0, 0.05) is 32.8 Å². The topological polar surface area (TPSA) is 58.7 Å². The van der Waals surface area contributed by atoms with Gasteiger partial charge >= 0.3 is 0 Å². The van der Waals surface area contributed by atoms with E-state index in [0.717, 1.165) is 32.5 Å². The molecule has 1 fully saturated rings. The number of nitrogens with zero attached hydrogens (tertiary/aromatic N) is 1. The molecule has 1 atom stereocenters. The van der Waals surface area contributed by atoms with Crippen molar-refractivity contribution >= 4 is 0 Å². The van der Waals surface area contributed by atoms with Crippen molar-refractivity contribution < 1.29 is 9.84 Å². The van der Waals surface area contributed by atoms with Crippen LogP contribution in [0.15, 0.2) is 0 Å². The third-order valence-corrected chi connectivity index (χ3v) is 2.94. The van der Waals surface area contributed by atoms with E-state index in [0.29, 0.717) is 19.2 Å². The first-order valence-corrected chi connectivity index (χ1v) is 5.84. The van der Waals surface area contributed by atoms with Crippen LogP contribution in [0.2, 0.25) is 0 Å². The highest BCUT2D eigenvalue weighted by molar-refractivity contribution is 4.81. The number of hydrogen-bond acceptors (Lipinski definition) is 4.